The van der Waals surface area contributed by atoms with E-state index in [4.69, 9.17) is 4.74 Å². The van der Waals surface area contributed by atoms with Crippen molar-refractivity contribution in [1.82, 2.24) is 5.32 Å². The van der Waals surface area contributed by atoms with Gasteiger partial charge in [0.2, 0.25) is 11.4 Å². The Morgan fingerprint density at radius 1 is 1.16 bits per heavy atom. The molecule has 2 rings (SSSR count). The van der Waals surface area contributed by atoms with Crippen LogP contribution in [0.25, 0.3) is 0 Å². The van der Waals surface area contributed by atoms with Crippen LogP contribution in [0.15, 0.2) is 11.6 Å². The van der Waals surface area contributed by atoms with Gasteiger partial charge in [-0.15, -0.1) is 0 Å². The number of hydrogen-bond donors (Lipinski definition) is 2. The van der Waals surface area contributed by atoms with Crippen molar-refractivity contribution in [3.8, 4) is 0 Å². The van der Waals surface area contributed by atoms with E-state index in [0.29, 0.717) is 5.57 Å². The third-order valence-electron chi connectivity index (χ3n) is 5.28. The number of fused-ring (bicyclic) bond motifs is 1. The number of rotatable bonds is 12. The van der Waals surface area contributed by atoms with E-state index in [1.165, 1.54) is 58.3 Å². The molecule has 1 unspecified atom stereocenters. The summed E-state index contributed by atoms with van der Waals surface area (Å²) in [6, 6.07) is 0. The first kappa shape index (κ1) is 20.1. The van der Waals surface area contributed by atoms with E-state index in [1.807, 2.05) is 6.08 Å². The van der Waals surface area contributed by atoms with Gasteiger partial charge in [-0.05, 0) is 32.3 Å². The molecule has 0 aromatic carbocycles. The molecule has 2 fully saturated rings. The van der Waals surface area contributed by atoms with Gasteiger partial charge in [-0.25, -0.2) is 0 Å². The molecule has 0 bridgehead atoms. The lowest BCUT2D eigenvalue weighted by atomic mass is 9.93. The molecule has 2 N–H and O–H groups in total. The molecule has 0 aliphatic carbocycles. The summed E-state index contributed by atoms with van der Waals surface area (Å²) in [6.45, 7) is 5.42. The number of carbonyl (C=O) groups is 2. The lowest BCUT2D eigenvalue weighted by Gasteiger charge is -2.16. The SMILES string of the molecule is CCCCCCCCCCC/C=C(\C)C(=O)[C@]12O[C@H]1C(C)(O)NC2=O. The number of Topliss-reactive ketones (excluding diaryl/α,β-unsaturated/α-hetero) is 1. The third-order valence-corrected chi connectivity index (χ3v) is 5.28. The normalized spacial score (nSPS) is 31.0. The summed E-state index contributed by atoms with van der Waals surface area (Å²) >= 11 is 0. The van der Waals surface area contributed by atoms with Gasteiger partial charge in [-0.2, -0.15) is 0 Å². The molecular formula is C20H33NO4. The van der Waals surface area contributed by atoms with Gasteiger partial charge in [-0.3, -0.25) is 9.59 Å². The van der Waals surface area contributed by atoms with Gasteiger partial charge in [0.25, 0.3) is 5.91 Å². The quantitative estimate of drug-likeness (QED) is 0.244. The minimum Gasteiger partial charge on any atom is -0.368 e. The molecule has 25 heavy (non-hydrogen) atoms. The van der Waals surface area contributed by atoms with E-state index >= 15 is 0 Å². The Morgan fingerprint density at radius 2 is 1.72 bits per heavy atom. The van der Waals surface area contributed by atoms with E-state index in [2.05, 4.69) is 12.2 Å². The standard InChI is InChI=1S/C20H33NO4/c1-4-5-6-7-8-9-10-11-12-13-14-15(2)16(22)20-17(25-20)19(3,24)21-18(20)23/h14,17,24H,4-13H2,1-3H3,(H,21,23)/b15-14+/t17-,19?,20-/m0/s1. The highest BCUT2D eigenvalue weighted by Gasteiger charge is 2.79. The van der Waals surface area contributed by atoms with Crippen LogP contribution in [0.4, 0.5) is 0 Å². The van der Waals surface area contributed by atoms with Crippen molar-refractivity contribution in [2.75, 3.05) is 0 Å². The number of allylic oxidation sites excluding steroid dienone is 1. The van der Waals surface area contributed by atoms with Crippen molar-refractivity contribution in [3.63, 3.8) is 0 Å². The first-order valence-corrected chi connectivity index (χ1v) is 9.80. The molecule has 2 aliphatic heterocycles. The highest BCUT2D eigenvalue weighted by atomic mass is 16.6. The predicted octanol–water partition coefficient (Wildman–Crippen LogP) is 3.40. The van der Waals surface area contributed by atoms with Gasteiger partial charge in [0.15, 0.2) is 11.8 Å². The zero-order valence-electron chi connectivity index (χ0n) is 15.9. The number of nitrogens with one attached hydrogen (secondary N) is 1. The topological polar surface area (TPSA) is 78.9 Å². The maximum absolute atomic E-state index is 12.5. The molecule has 0 radical (unpaired) electrons. The minimum atomic E-state index is -1.48. The molecule has 2 saturated heterocycles. The third kappa shape index (κ3) is 4.50. The number of ether oxygens (including phenoxy) is 1. The molecule has 0 spiro atoms. The van der Waals surface area contributed by atoms with Gasteiger partial charge >= 0.3 is 0 Å². The first-order chi connectivity index (χ1) is 11.9. The molecular weight excluding hydrogens is 318 g/mol. The van der Waals surface area contributed by atoms with Crippen LogP contribution >= 0.6 is 0 Å². The summed E-state index contributed by atoms with van der Waals surface area (Å²) in [7, 11) is 0. The second-order valence-electron chi connectivity index (χ2n) is 7.67. The van der Waals surface area contributed by atoms with Crippen LogP contribution in [0, 0.1) is 0 Å². The lowest BCUT2D eigenvalue weighted by Crippen LogP contribution is -2.45. The molecule has 5 heteroatoms. The van der Waals surface area contributed by atoms with Gasteiger partial charge in [0, 0.05) is 0 Å². The fourth-order valence-corrected chi connectivity index (χ4v) is 3.66. The van der Waals surface area contributed by atoms with E-state index in [9.17, 15) is 14.7 Å². The molecule has 142 valence electrons. The fraction of sp³-hybridized carbons (Fsp3) is 0.800. The zero-order chi connectivity index (χ0) is 18.5. The van der Waals surface area contributed by atoms with Gasteiger partial charge in [0.1, 0.15) is 0 Å². The van der Waals surface area contributed by atoms with Crippen molar-refractivity contribution in [3.05, 3.63) is 11.6 Å². The van der Waals surface area contributed by atoms with Crippen LogP contribution in [0.3, 0.4) is 0 Å². The van der Waals surface area contributed by atoms with Crippen LogP contribution < -0.4 is 5.32 Å². The summed E-state index contributed by atoms with van der Waals surface area (Å²) in [5.41, 5.74) is -2.39. The van der Waals surface area contributed by atoms with E-state index in [0.717, 1.165) is 12.8 Å². The lowest BCUT2D eigenvalue weighted by molar-refractivity contribution is -0.137. The average Bonchev–Trinajstić information content (AvgIpc) is 3.29. The zero-order valence-corrected chi connectivity index (χ0v) is 15.9. The number of morpholine rings is 1. The maximum Gasteiger partial charge on any atom is 0.265 e. The second kappa shape index (κ2) is 8.45. The Kier molecular flexibility index (Phi) is 6.80. The van der Waals surface area contributed by atoms with Crippen molar-refractivity contribution in [1.29, 1.82) is 0 Å². The molecule has 0 saturated carbocycles. The van der Waals surface area contributed by atoms with Gasteiger partial charge in [0.05, 0.1) is 0 Å². The van der Waals surface area contributed by atoms with Crippen molar-refractivity contribution in [2.24, 2.45) is 0 Å². The molecule has 2 aliphatic rings. The van der Waals surface area contributed by atoms with Crippen molar-refractivity contribution in [2.45, 2.75) is 102 Å². The minimum absolute atomic E-state index is 0.316. The van der Waals surface area contributed by atoms with E-state index < -0.39 is 23.3 Å². The second-order valence-corrected chi connectivity index (χ2v) is 7.67. The molecule has 2 heterocycles. The molecule has 0 aromatic rings. The first-order valence-electron chi connectivity index (χ1n) is 9.80. The highest BCUT2D eigenvalue weighted by molar-refractivity contribution is 6.21. The van der Waals surface area contributed by atoms with Crippen molar-refractivity contribution >= 4 is 11.7 Å². The summed E-state index contributed by atoms with van der Waals surface area (Å²) in [5, 5.41) is 12.4. The fourth-order valence-electron chi connectivity index (χ4n) is 3.66. The molecule has 3 atom stereocenters. The molecule has 5 nitrogen and oxygen atoms in total. The number of epoxide rings is 1. The van der Waals surface area contributed by atoms with Crippen LogP contribution in [0.1, 0.15) is 85.0 Å². The number of unbranched alkanes of at least 4 members (excludes halogenated alkanes) is 9. The summed E-state index contributed by atoms with van der Waals surface area (Å²) in [4.78, 5) is 24.5. The van der Waals surface area contributed by atoms with Gasteiger partial charge in [-0.1, -0.05) is 64.4 Å². The summed E-state index contributed by atoms with van der Waals surface area (Å²) in [6.07, 6.45) is 13.4. The van der Waals surface area contributed by atoms with Crippen LogP contribution in [0.2, 0.25) is 0 Å². The van der Waals surface area contributed by atoms with E-state index in [-0.39, 0.29) is 5.78 Å². The monoisotopic (exact) mass is 351 g/mol. The van der Waals surface area contributed by atoms with Crippen molar-refractivity contribution < 1.29 is 19.4 Å². The molecule has 1 amide bonds. The number of ketones is 1. The number of carbonyl (C=O) groups excluding carboxylic acids is 2. The van der Waals surface area contributed by atoms with Crippen LogP contribution in [-0.2, 0) is 14.3 Å². The molecule has 0 aromatic heterocycles. The van der Waals surface area contributed by atoms with E-state index in [1.54, 1.807) is 6.92 Å². The highest BCUT2D eigenvalue weighted by Crippen LogP contribution is 2.49. The summed E-state index contributed by atoms with van der Waals surface area (Å²) < 4.78 is 5.30. The smallest absolute Gasteiger partial charge is 0.265 e. The Balaban J connectivity index is 1.64. The Morgan fingerprint density at radius 3 is 2.20 bits per heavy atom. The maximum atomic E-state index is 12.5. The average molecular weight is 351 g/mol. The number of amides is 1. The Hall–Kier alpha value is -1.20. The summed E-state index contributed by atoms with van der Waals surface area (Å²) in [5.74, 6) is -0.841. The Bertz CT molecular complexity index is 526. The largest absolute Gasteiger partial charge is 0.368 e. The van der Waals surface area contributed by atoms with Crippen LogP contribution in [-0.4, -0.2) is 34.2 Å². The Labute approximate surface area is 151 Å². The van der Waals surface area contributed by atoms with Crippen LogP contribution in [0.5, 0.6) is 0 Å². The van der Waals surface area contributed by atoms with Gasteiger partial charge < -0.3 is 15.2 Å². The number of hydrogen-bond acceptors (Lipinski definition) is 4. The number of aliphatic hydroxyl groups is 1. The predicted molar refractivity (Wildman–Crippen MR) is 97.0 cm³/mol.